The third-order valence-electron chi connectivity index (χ3n) is 3.34. The summed E-state index contributed by atoms with van der Waals surface area (Å²) in [6.45, 7) is 1.70. The Hall–Kier alpha value is -2.97. The van der Waals surface area contributed by atoms with Crippen molar-refractivity contribution in [1.29, 1.82) is 0 Å². The molecule has 0 aliphatic heterocycles. The minimum Gasteiger partial charge on any atom is -0.492 e. The summed E-state index contributed by atoms with van der Waals surface area (Å²) in [6, 6.07) is 6.48. The van der Waals surface area contributed by atoms with Crippen molar-refractivity contribution in [2.45, 2.75) is 19.1 Å². The van der Waals surface area contributed by atoms with E-state index < -0.39 is 29.6 Å². The van der Waals surface area contributed by atoms with Gasteiger partial charge in [-0.1, -0.05) is 0 Å². The van der Waals surface area contributed by atoms with Crippen molar-refractivity contribution < 1.29 is 31.9 Å². The second-order valence-corrected chi connectivity index (χ2v) is 5.33. The van der Waals surface area contributed by atoms with E-state index in [-0.39, 0.29) is 24.7 Å². The van der Waals surface area contributed by atoms with Gasteiger partial charge in [0.25, 0.3) is 5.91 Å². The molecule has 0 aliphatic carbocycles. The molecule has 0 fully saturated rings. The molecular formula is C17H17F3N2O4. The second-order valence-electron chi connectivity index (χ2n) is 5.33. The Bertz CT molecular complexity index is 727. The lowest BCUT2D eigenvalue weighted by Crippen LogP contribution is -2.45. The van der Waals surface area contributed by atoms with Crippen LogP contribution in [-0.4, -0.2) is 31.0 Å². The molecule has 0 unspecified atom stereocenters. The van der Waals surface area contributed by atoms with Gasteiger partial charge in [-0.2, -0.15) is 13.2 Å². The van der Waals surface area contributed by atoms with Crippen molar-refractivity contribution in [1.82, 2.24) is 10.6 Å². The summed E-state index contributed by atoms with van der Waals surface area (Å²) in [7, 11) is 0. The third-order valence-corrected chi connectivity index (χ3v) is 3.34. The monoisotopic (exact) mass is 370 g/mol. The molecule has 2 N–H and O–H groups in total. The molecule has 1 atom stereocenters. The Kier molecular flexibility index (Phi) is 6.26. The largest absolute Gasteiger partial charge is 0.492 e. The first kappa shape index (κ1) is 19.4. The molecule has 6 nitrogen and oxygen atoms in total. The van der Waals surface area contributed by atoms with Crippen molar-refractivity contribution in [3.8, 4) is 5.75 Å². The van der Waals surface area contributed by atoms with Gasteiger partial charge in [0.15, 0.2) is 5.76 Å². The van der Waals surface area contributed by atoms with E-state index in [2.05, 4.69) is 10.6 Å². The summed E-state index contributed by atoms with van der Waals surface area (Å²) in [5, 5.41) is 5.02. The fraction of sp³-hybridized carbons (Fsp3) is 0.294. The highest BCUT2D eigenvalue weighted by Crippen LogP contribution is 2.30. The number of nitrogens with one attached hydrogen (secondary N) is 2. The number of hydrogen-bond acceptors (Lipinski definition) is 4. The molecule has 26 heavy (non-hydrogen) atoms. The highest BCUT2D eigenvalue weighted by Gasteiger charge is 2.30. The Labute approximate surface area is 147 Å². The quantitative estimate of drug-likeness (QED) is 0.735. The number of alkyl halides is 3. The highest BCUT2D eigenvalue weighted by molar-refractivity contribution is 5.95. The van der Waals surface area contributed by atoms with Gasteiger partial charge in [0.2, 0.25) is 5.91 Å². The fourth-order valence-electron chi connectivity index (χ4n) is 1.98. The van der Waals surface area contributed by atoms with Crippen molar-refractivity contribution >= 4 is 11.8 Å². The van der Waals surface area contributed by atoms with Crippen LogP contribution in [0.25, 0.3) is 0 Å². The number of furan rings is 1. The molecule has 0 saturated heterocycles. The van der Waals surface area contributed by atoms with Gasteiger partial charge in [-0.25, -0.2) is 0 Å². The molecule has 2 amide bonds. The van der Waals surface area contributed by atoms with Crippen molar-refractivity contribution in [2.75, 3.05) is 13.2 Å². The van der Waals surface area contributed by atoms with Gasteiger partial charge in [0.1, 0.15) is 18.4 Å². The van der Waals surface area contributed by atoms with Crippen LogP contribution in [0, 0.1) is 0 Å². The molecular weight excluding hydrogens is 353 g/mol. The summed E-state index contributed by atoms with van der Waals surface area (Å²) < 4.78 is 47.5. The van der Waals surface area contributed by atoms with Crippen molar-refractivity contribution in [3.63, 3.8) is 0 Å². The van der Waals surface area contributed by atoms with E-state index in [0.717, 1.165) is 12.1 Å². The first-order valence-electron chi connectivity index (χ1n) is 7.69. The van der Waals surface area contributed by atoms with Crippen LogP contribution in [0.3, 0.4) is 0 Å². The van der Waals surface area contributed by atoms with Gasteiger partial charge in [-0.15, -0.1) is 0 Å². The SMILES string of the molecule is C[C@@H](NC(=O)c1ccco1)C(=O)NCCOc1ccc(C(F)(F)F)cc1. The second kappa shape index (κ2) is 8.41. The highest BCUT2D eigenvalue weighted by atomic mass is 19.4. The maximum atomic E-state index is 12.4. The Morgan fingerprint density at radius 3 is 2.46 bits per heavy atom. The lowest BCUT2D eigenvalue weighted by atomic mass is 10.2. The summed E-state index contributed by atoms with van der Waals surface area (Å²) >= 11 is 0. The first-order valence-corrected chi connectivity index (χ1v) is 7.69. The Morgan fingerprint density at radius 1 is 1.19 bits per heavy atom. The normalized spacial score (nSPS) is 12.3. The third kappa shape index (κ3) is 5.54. The van der Waals surface area contributed by atoms with Crippen molar-refractivity contribution in [2.24, 2.45) is 0 Å². The maximum Gasteiger partial charge on any atom is 0.416 e. The minimum atomic E-state index is -4.40. The zero-order valence-corrected chi connectivity index (χ0v) is 13.8. The smallest absolute Gasteiger partial charge is 0.416 e. The van der Waals surface area contributed by atoms with Gasteiger partial charge >= 0.3 is 6.18 Å². The van der Waals surface area contributed by atoms with E-state index in [9.17, 15) is 22.8 Å². The van der Waals surface area contributed by atoms with Crippen LogP contribution in [0.15, 0.2) is 47.1 Å². The van der Waals surface area contributed by atoms with Crippen LogP contribution in [-0.2, 0) is 11.0 Å². The number of amides is 2. The zero-order valence-electron chi connectivity index (χ0n) is 13.8. The van der Waals surface area contributed by atoms with Gasteiger partial charge in [-0.3, -0.25) is 9.59 Å². The average molecular weight is 370 g/mol. The number of halogens is 3. The molecule has 1 aromatic heterocycles. The average Bonchev–Trinajstić information content (AvgIpc) is 3.12. The predicted octanol–water partition coefficient (Wildman–Crippen LogP) is 2.61. The van der Waals surface area contributed by atoms with Crippen LogP contribution in [0.5, 0.6) is 5.75 Å². The van der Waals surface area contributed by atoms with Gasteiger partial charge in [-0.05, 0) is 43.3 Å². The van der Waals surface area contributed by atoms with Gasteiger partial charge < -0.3 is 19.8 Å². The minimum absolute atomic E-state index is 0.0654. The number of carbonyl (C=O) groups excluding carboxylic acids is 2. The van der Waals surface area contributed by atoms with E-state index in [4.69, 9.17) is 9.15 Å². The van der Waals surface area contributed by atoms with Crippen LogP contribution < -0.4 is 15.4 Å². The number of hydrogen-bond donors (Lipinski definition) is 2. The van der Waals surface area contributed by atoms with Crippen LogP contribution in [0.2, 0.25) is 0 Å². The molecule has 0 aliphatic rings. The van der Waals surface area contributed by atoms with E-state index in [1.54, 1.807) is 6.07 Å². The van der Waals surface area contributed by atoms with E-state index in [1.807, 2.05) is 0 Å². The fourth-order valence-corrected chi connectivity index (χ4v) is 1.98. The molecule has 0 radical (unpaired) electrons. The standard InChI is InChI=1S/C17H17F3N2O4/c1-11(22-16(24)14-3-2-9-26-14)15(23)21-8-10-25-13-6-4-12(5-7-13)17(18,19)20/h2-7,9,11H,8,10H2,1H3,(H,21,23)(H,22,24)/t11-/m1/s1. The molecule has 9 heteroatoms. The van der Waals surface area contributed by atoms with E-state index in [0.29, 0.717) is 0 Å². The summed E-state index contributed by atoms with van der Waals surface area (Å²) in [4.78, 5) is 23.6. The Morgan fingerprint density at radius 2 is 1.88 bits per heavy atom. The molecule has 140 valence electrons. The number of carbonyl (C=O) groups is 2. The van der Waals surface area contributed by atoms with E-state index in [1.165, 1.54) is 31.4 Å². The number of ether oxygens (including phenoxy) is 1. The molecule has 2 rings (SSSR count). The molecule has 0 spiro atoms. The molecule has 2 aromatic rings. The molecule has 0 bridgehead atoms. The zero-order chi connectivity index (χ0) is 19.2. The van der Waals surface area contributed by atoms with Crippen LogP contribution >= 0.6 is 0 Å². The Balaban J connectivity index is 1.70. The maximum absolute atomic E-state index is 12.4. The van der Waals surface area contributed by atoms with E-state index >= 15 is 0 Å². The molecule has 1 heterocycles. The van der Waals surface area contributed by atoms with Gasteiger partial charge in [0.05, 0.1) is 18.4 Å². The summed E-state index contributed by atoms with van der Waals surface area (Å²) in [5.41, 5.74) is -0.765. The lowest BCUT2D eigenvalue weighted by Gasteiger charge is -2.14. The predicted molar refractivity (Wildman–Crippen MR) is 85.6 cm³/mol. The van der Waals surface area contributed by atoms with Crippen LogP contribution in [0.1, 0.15) is 23.0 Å². The van der Waals surface area contributed by atoms with Crippen LogP contribution in [0.4, 0.5) is 13.2 Å². The topological polar surface area (TPSA) is 80.6 Å². The molecule has 1 aromatic carbocycles. The number of rotatable bonds is 7. The first-order chi connectivity index (χ1) is 12.3. The summed E-state index contributed by atoms with van der Waals surface area (Å²) in [6.07, 6.45) is -3.05. The summed E-state index contributed by atoms with van der Waals surface area (Å²) in [5.74, 6) is -0.596. The lowest BCUT2D eigenvalue weighted by molar-refractivity contribution is -0.137. The number of benzene rings is 1. The van der Waals surface area contributed by atoms with Gasteiger partial charge in [0, 0.05) is 0 Å². The van der Waals surface area contributed by atoms with Crippen molar-refractivity contribution in [3.05, 3.63) is 54.0 Å². The molecule has 0 saturated carbocycles.